The van der Waals surface area contributed by atoms with Gasteiger partial charge >= 0.3 is 0 Å². The van der Waals surface area contributed by atoms with Gasteiger partial charge in [0.25, 0.3) is 0 Å². The SMILES string of the molecule is C1=CCOCCCCCCCCCCC1. The van der Waals surface area contributed by atoms with E-state index in [0.717, 1.165) is 13.2 Å². The maximum absolute atomic E-state index is 5.52. The van der Waals surface area contributed by atoms with Gasteiger partial charge in [0.1, 0.15) is 0 Å². The molecule has 1 aliphatic rings. The third-order valence-corrected chi connectivity index (χ3v) is 3.04. The maximum atomic E-state index is 5.52. The number of hydrogen-bond donors (Lipinski definition) is 0. The van der Waals surface area contributed by atoms with Crippen molar-refractivity contribution in [3.05, 3.63) is 12.2 Å². The lowest BCUT2D eigenvalue weighted by molar-refractivity contribution is 0.157. The number of rotatable bonds is 0. The van der Waals surface area contributed by atoms with E-state index in [2.05, 4.69) is 12.2 Å². The Hall–Kier alpha value is -0.300. The predicted octanol–water partition coefficient (Wildman–Crippen LogP) is 4.47. The lowest BCUT2D eigenvalue weighted by Crippen LogP contribution is -1.94. The van der Waals surface area contributed by atoms with Crippen molar-refractivity contribution in [1.29, 1.82) is 0 Å². The summed E-state index contributed by atoms with van der Waals surface area (Å²) in [6, 6.07) is 0. The molecule has 1 heterocycles. The predicted molar refractivity (Wildman–Crippen MR) is 66.1 cm³/mol. The average molecular weight is 210 g/mol. The maximum Gasteiger partial charge on any atom is 0.0647 e. The van der Waals surface area contributed by atoms with Gasteiger partial charge in [-0.3, -0.25) is 0 Å². The highest BCUT2D eigenvalue weighted by molar-refractivity contribution is 4.81. The van der Waals surface area contributed by atoms with Crippen molar-refractivity contribution in [2.24, 2.45) is 0 Å². The van der Waals surface area contributed by atoms with E-state index in [1.165, 1.54) is 64.2 Å². The first-order valence-corrected chi connectivity index (χ1v) is 6.73. The molecule has 0 aromatic carbocycles. The average Bonchev–Trinajstić information content (AvgIpc) is 2.27. The van der Waals surface area contributed by atoms with E-state index < -0.39 is 0 Å². The highest BCUT2D eigenvalue weighted by Crippen LogP contribution is 2.11. The molecule has 1 aliphatic heterocycles. The Morgan fingerprint density at radius 1 is 0.600 bits per heavy atom. The largest absolute Gasteiger partial charge is 0.377 e. The van der Waals surface area contributed by atoms with Gasteiger partial charge in [0.15, 0.2) is 0 Å². The second kappa shape index (κ2) is 10.2. The van der Waals surface area contributed by atoms with Crippen LogP contribution < -0.4 is 0 Å². The van der Waals surface area contributed by atoms with Gasteiger partial charge in [-0.1, -0.05) is 57.1 Å². The van der Waals surface area contributed by atoms with Gasteiger partial charge in [0.2, 0.25) is 0 Å². The summed E-state index contributed by atoms with van der Waals surface area (Å²) in [6.07, 6.45) is 18.2. The molecule has 0 bridgehead atoms. The van der Waals surface area contributed by atoms with E-state index in [9.17, 15) is 0 Å². The van der Waals surface area contributed by atoms with Crippen molar-refractivity contribution in [2.75, 3.05) is 13.2 Å². The van der Waals surface area contributed by atoms with E-state index >= 15 is 0 Å². The fourth-order valence-corrected chi connectivity index (χ4v) is 2.04. The standard InChI is InChI=1S/C14H26O/c1-2-4-6-8-10-12-14-15-13-11-9-7-5-3-1/h9,11H,1-8,10,12-14H2. The van der Waals surface area contributed by atoms with Crippen LogP contribution in [-0.2, 0) is 4.74 Å². The van der Waals surface area contributed by atoms with Crippen LogP contribution in [0.1, 0.15) is 64.2 Å². The van der Waals surface area contributed by atoms with Gasteiger partial charge in [0, 0.05) is 6.61 Å². The Morgan fingerprint density at radius 3 is 1.93 bits per heavy atom. The highest BCUT2D eigenvalue weighted by Gasteiger charge is 1.93. The Bertz CT molecular complexity index is 135. The summed E-state index contributed by atoms with van der Waals surface area (Å²) in [5.74, 6) is 0. The molecule has 0 aromatic rings. The summed E-state index contributed by atoms with van der Waals surface area (Å²) in [7, 11) is 0. The van der Waals surface area contributed by atoms with Crippen molar-refractivity contribution in [3.8, 4) is 0 Å². The fourth-order valence-electron chi connectivity index (χ4n) is 2.04. The number of allylic oxidation sites excluding steroid dienone is 1. The summed E-state index contributed by atoms with van der Waals surface area (Å²) in [5, 5.41) is 0. The van der Waals surface area contributed by atoms with Crippen LogP contribution in [0.15, 0.2) is 12.2 Å². The third-order valence-electron chi connectivity index (χ3n) is 3.04. The van der Waals surface area contributed by atoms with E-state index in [4.69, 9.17) is 4.74 Å². The zero-order valence-corrected chi connectivity index (χ0v) is 10.0. The van der Waals surface area contributed by atoms with Crippen molar-refractivity contribution in [2.45, 2.75) is 64.2 Å². The molecule has 0 saturated heterocycles. The van der Waals surface area contributed by atoms with Crippen LogP contribution >= 0.6 is 0 Å². The smallest absolute Gasteiger partial charge is 0.0647 e. The Balaban J connectivity index is 2.08. The minimum absolute atomic E-state index is 0.819. The van der Waals surface area contributed by atoms with Gasteiger partial charge < -0.3 is 4.74 Å². The van der Waals surface area contributed by atoms with E-state index in [0.29, 0.717) is 0 Å². The Labute approximate surface area is 94.9 Å². The van der Waals surface area contributed by atoms with Crippen LogP contribution in [0, 0.1) is 0 Å². The molecule has 0 spiro atoms. The molecule has 0 saturated carbocycles. The molecular formula is C14H26O. The first-order valence-electron chi connectivity index (χ1n) is 6.73. The quantitative estimate of drug-likeness (QED) is 0.536. The molecule has 0 amide bonds. The summed E-state index contributed by atoms with van der Waals surface area (Å²) >= 11 is 0. The van der Waals surface area contributed by atoms with E-state index in [1.54, 1.807) is 0 Å². The second-order valence-corrected chi connectivity index (χ2v) is 4.52. The van der Waals surface area contributed by atoms with Gasteiger partial charge in [-0.15, -0.1) is 0 Å². The van der Waals surface area contributed by atoms with E-state index in [1.807, 2.05) is 0 Å². The molecule has 0 fully saturated rings. The van der Waals surface area contributed by atoms with Gasteiger partial charge in [0.05, 0.1) is 6.61 Å². The molecule has 1 rings (SSSR count). The molecule has 88 valence electrons. The summed E-state index contributed by atoms with van der Waals surface area (Å²) in [4.78, 5) is 0. The van der Waals surface area contributed by atoms with Crippen molar-refractivity contribution in [1.82, 2.24) is 0 Å². The van der Waals surface area contributed by atoms with E-state index in [-0.39, 0.29) is 0 Å². The van der Waals surface area contributed by atoms with Gasteiger partial charge in [-0.25, -0.2) is 0 Å². The topological polar surface area (TPSA) is 9.23 Å². The lowest BCUT2D eigenvalue weighted by atomic mass is 10.1. The first kappa shape index (κ1) is 12.8. The lowest BCUT2D eigenvalue weighted by Gasteiger charge is -2.02. The minimum Gasteiger partial charge on any atom is -0.377 e. The molecule has 0 aliphatic carbocycles. The van der Waals surface area contributed by atoms with Crippen LogP contribution in [0.3, 0.4) is 0 Å². The van der Waals surface area contributed by atoms with Gasteiger partial charge in [-0.2, -0.15) is 0 Å². The molecule has 0 radical (unpaired) electrons. The highest BCUT2D eigenvalue weighted by atomic mass is 16.5. The summed E-state index contributed by atoms with van der Waals surface area (Å²) in [5.41, 5.74) is 0. The van der Waals surface area contributed by atoms with Crippen LogP contribution in [0.2, 0.25) is 0 Å². The molecule has 0 atom stereocenters. The summed E-state index contributed by atoms with van der Waals surface area (Å²) < 4.78 is 5.52. The molecule has 0 aromatic heterocycles. The fraction of sp³-hybridized carbons (Fsp3) is 0.857. The molecule has 0 N–H and O–H groups in total. The monoisotopic (exact) mass is 210 g/mol. The number of ether oxygens (including phenoxy) is 1. The third kappa shape index (κ3) is 8.68. The molecule has 1 nitrogen and oxygen atoms in total. The first-order chi connectivity index (χ1) is 7.50. The van der Waals surface area contributed by atoms with Crippen LogP contribution in [0.5, 0.6) is 0 Å². The van der Waals surface area contributed by atoms with Crippen molar-refractivity contribution in [3.63, 3.8) is 0 Å². The van der Waals surface area contributed by atoms with Crippen LogP contribution in [0.4, 0.5) is 0 Å². The van der Waals surface area contributed by atoms with Crippen LogP contribution in [-0.4, -0.2) is 13.2 Å². The van der Waals surface area contributed by atoms with Crippen LogP contribution in [0.25, 0.3) is 0 Å². The summed E-state index contributed by atoms with van der Waals surface area (Å²) in [6.45, 7) is 1.77. The Morgan fingerprint density at radius 2 is 1.20 bits per heavy atom. The molecular weight excluding hydrogens is 184 g/mol. The normalized spacial score (nSPS) is 22.9. The molecule has 1 heteroatoms. The molecule has 0 unspecified atom stereocenters. The number of hydrogen-bond acceptors (Lipinski definition) is 1. The minimum atomic E-state index is 0.819. The molecule has 15 heavy (non-hydrogen) atoms. The van der Waals surface area contributed by atoms with Crippen molar-refractivity contribution < 1.29 is 4.74 Å². The Kier molecular flexibility index (Phi) is 8.70. The second-order valence-electron chi connectivity index (χ2n) is 4.52. The zero-order chi connectivity index (χ0) is 10.6. The van der Waals surface area contributed by atoms with Gasteiger partial charge in [-0.05, 0) is 19.3 Å². The zero-order valence-electron chi connectivity index (χ0n) is 10.0. The van der Waals surface area contributed by atoms with Crippen molar-refractivity contribution >= 4 is 0 Å².